The third kappa shape index (κ3) is 4.67. The van der Waals surface area contributed by atoms with Gasteiger partial charge in [-0.1, -0.05) is 42.5 Å². The summed E-state index contributed by atoms with van der Waals surface area (Å²) in [5, 5.41) is 3.28. The molecule has 0 amide bonds. The van der Waals surface area contributed by atoms with Crippen molar-refractivity contribution in [1.29, 1.82) is 0 Å². The Hall–Kier alpha value is -1.69. The summed E-state index contributed by atoms with van der Waals surface area (Å²) in [6, 6.07) is 16.8. The van der Waals surface area contributed by atoms with Crippen LogP contribution in [0.4, 0.5) is 0 Å². The Labute approximate surface area is 125 Å². The monoisotopic (exact) mass is 304 g/mol. The summed E-state index contributed by atoms with van der Waals surface area (Å²) in [5.41, 5.74) is 8.22. The van der Waals surface area contributed by atoms with Crippen LogP contribution >= 0.6 is 0 Å². The number of sulfone groups is 1. The molecule has 0 spiro atoms. The predicted octanol–water partition coefficient (Wildman–Crippen LogP) is 1.88. The van der Waals surface area contributed by atoms with E-state index < -0.39 is 9.84 Å². The van der Waals surface area contributed by atoms with E-state index in [1.165, 1.54) is 6.26 Å². The molecule has 0 aliphatic rings. The van der Waals surface area contributed by atoms with Gasteiger partial charge in [0.1, 0.15) is 0 Å². The molecular weight excluding hydrogens is 284 g/mol. The molecule has 112 valence electrons. The number of hydrogen-bond acceptors (Lipinski definition) is 4. The first kappa shape index (κ1) is 15.7. The number of benzene rings is 2. The third-order valence-corrected chi connectivity index (χ3v) is 4.40. The molecule has 0 fully saturated rings. The van der Waals surface area contributed by atoms with Crippen molar-refractivity contribution in [3.8, 4) is 0 Å². The number of nitrogens with one attached hydrogen (secondary N) is 1. The molecule has 2 aromatic rings. The summed E-state index contributed by atoms with van der Waals surface area (Å²) in [6.07, 6.45) is 1.21. The number of hydrogen-bond donors (Lipinski definition) is 2. The summed E-state index contributed by atoms with van der Waals surface area (Å²) in [5.74, 6) is 0. The van der Waals surface area contributed by atoms with E-state index in [1.807, 2.05) is 42.5 Å². The van der Waals surface area contributed by atoms with Crippen molar-refractivity contribution in [2.45, 2.75) is 17.5 Å². The molecule has 4 nitrogen and oxygen atoms in total. The fraction of sp³-hybridized carbons (Fsp3) is 0.250. The van der Waals surface area contributed by atoms with Gasteiger partial charge in [0.05, 0.1) is 4.90 Å². The number of rotatable bonds is 6. The lowest BCUT2D eigenvalue weighted by atomic mass is 10.1. The van der Waals surface area contributed by atoms with Gasteiger partial charge in [-0.05, 0) is 23.3 Å². The van der Waals surface area contributed by atoms with E-state index in [1.54, 1.807) is 12.1 Å². The maximum atomic E-state index is 11.4. The minimum absolute atomic E-state index is 0.0542. The van der Waals surface area contributed by atoms with E-state index in [9.17, 15) is 8.42 Å². The van der Waals surface area contributed by atoms with E-state index >= 15 is 0 Å². The molecule has 1 atom stereocenters. The highest BCUT2D eigenvalue weighted by Crippen LogP contribution is 2.11. The van der Waals surface area contributed by atoms with Crippen LogP contribution < -0.4 is 11.1 Å². The van der Waals surface area contributed by atoms with E-state index in [-0.39, 0.29) is 6.04 Å². The van der Waals surface area contributed by atoms with Crippen LogP contribution in [0.25, 0.3) is 0 Å². The molecule has 2 aromatic carbocycles. The molecule has 2 rings (SSSR count). The zero-order valence-corrected chi connectivity index (χ0v) is 12.8. The first-order valence-electron chi connectivity index (χ1n) is 6.77. The van der Waals surface area contributed by atoms with Crippen LogP contribution in [-0.2, 0) is 16.4 Å². The molecule has 0 saturated carbocycles. The fourth-order valence-electron chi connectivity index (χ4n) is 2.04. The molecular formula is C16H20N2O2S. The lowest BCUT2D eigenvalue weighted by Crippen LogP contribution is -2.26. The van der Waals surface area contributed by atoms with Crippen LogP contribution in [0.2, 0.25) is 0 Å². The first-order valence-corrected chi connectivity index (χ1v) is 8.66. The van der Waals surface area contributed by atoms with Crippen LogP contribution in [-0.4, -0.2) is 21.2 Å². The average molecular weight is 304 g/mol. The van der Waals surface area contributed by atoms with Crippen LogP contribution in [0.3, 0.4) is 0 Å². The van der Waals surface area contributed by atoms with Crippen molar-refractivity contribution < 1.29 is 8.42 Å². The van der Waals surface area contributed by atoms with E-state index in [0.717, 1.165) is 11.1 Å². The standard InChI is InChI=1S/C16H20N2O2S/c1-21(19,20)15-9-7-13(8-10-15)11-18-12-16(17)14-5-3-2-4-6-14/h2-10,16,18H,11-12,17H2,1H3. The summed E-state index contributed by atoms with van der Waals surface area (Å²) >= 11 is 0. The van der Waals surface area contributed by atoms with E-state index in [0.29, 0.717) is 18.0 Å². The van der Waals surface area contributed by atoms with E-state index in [2.05, 4.69) is 5.32 Å². The van der Waals surface area contributed by atoms with Gasteiger partial charge in [-0.2, -0.15) is 0 Å². The molecule has 0 bridgehead atoms. The molecule has 0 aliphatic carbocycles. The molecule has 5 heteroatoms. The predicted molar refractivity (Wildman–Crippen MR) is 84.6 cm³/mol. The number of nitrogens with two attached hydrogens (primary N) is 1. The molecule has 0 aromatic heterocycles. The largest absolute Gasteiger partial charge is 0.323 e. The lowest BCUT2D eigenvalue weighted by molar-refractivity contribution is 0.597. The molecule has 0 saturated heterocycles. The van der Waals surface area contributed by atoms with Crippen LogP contribution in [0, 0.1) is 0 Å². The Morgan fingerprint density at radius 2 is 1.67 bits per heavy atom. The molecule has 3 N–H and O–H groups in total. The highest BCUT2D eigenvalue weighted by molar-refractivity contribution is 7.90. The van der Waals surface area contributed by atoms with Gasteiger partial charge in [0.15, 0.2) is 9.84 Å². The maximum absolute atomic E-state index is 11.4. The van der Waals surface area contributed by atoms with Crippen molar-refractivity contribution in [2.24, 2.45) is 5.73 Å². The maximum Gasteiger partial charge on any atom is 0.175 e. The van der Waals surface area contributed by atoms with Crippen LogP contribution in [0.5, 0.6) is 0 Å². The molecule has 0 aliphatic heterocycles. The van der Waals surface area contributed by atoms with Gasteiger partial charge in [0.25, 0.3) is 0 Å². The van der Waals surface area contributed by atoms with E-state index in [4.69, 9.17) is 5.73 Å². The molecule has 0 heterocycles. The zero-order chi connectivity index (χ0) is 15.3. The van der Waals surface area contributed by atoms with Gasteiger partial charge in [0, 0.05) is 25.4 Å². The second-order valence-electron chi connectivity index (χ2n) is 5.06. The summed E-state index contributed by atoms with van der Waals surface area (Å²) in [4.78, 5) is 0.340. The summed E-state index contributed by atoms with van der Waals surface area (Å²) < 4.78 is 22.7. The second kappa shape index (κ2) is 6.85. The fourth-order valence-corrected chi connectivity index (χ4v) is 2.68. The smallest absolute Gasteiger partial charge is 0.175 e. The highest BCUT2D eigenvalue weighted by atomic mass is 32.2. The van der Waals surface area contributed by atoms with Crippen molar-refractivity contribution in [3.63, 3.8) is 0 Å². The highest BCUT2D eigenvalue weighted by Gasteiger charge is 2.07. The molecule has 0 radical (unpaired) electrons. The van der Waals surface area contributed by atoms with Crippen molar-refractivity contribution in [1.82, 2.24) is 5.32 Å². The Bertz CT molecular complexity index is 667. The van der Waals surface area contributed by atoms with Gasteiger partial charge >= 0.3 is 0 Å². The van der Waals surface area contributed by atoms with Gasteiger partial charge in [-0.3, -0.25) is 0 Å². The Balaban J connectivity index is 1.86. The van der Waals surface area contributed by atoms with Crippen LogP contribution in [0.1, 0.15) is 17.2 Å². The Morgan fingerprint density at radius 1 is 1.05 bits per heavy atom. The Morgan fingerprint density at radius 3 is 2.24 bits per heavy atom. The zero-order valence-electron chi connectivity index (χ0n) is 12.0. The van der Waals surface area contributed by atoms with Crippen molar-refractivity contribution in [2.75, 3.05) is 12.8 Å². The van der Waals surface area contributed by atoms with Crippen molar-refractivity contribution in [3.05, 3.63) is 65.7 Å². The van der Waals surface area contributed by atoms with Crippen LogP contribution in [0.15, 0.2) is 59.5 Å². The summed E-state index contributed by atoms with van der Waals surface area (Å²) in [7, 11) is -3.13. The third-order valence-electron chi connectivity index (χ3n) is 3.27. The van der Waals surface area contributed by atoms with Gasteiger partial charge in [-0.25, -0.2) is 8.42 Å². The van der Waals surface area contributed by atoms with Crippen molar-refractivity contribution >= 4 is 9.84 Å². The van der Waals surface area contributed by atoms with Gasteiger partial charge < -0.3 is 11.1 Å². The SMILES string of the molecule is CS(=O)(=O)c1ccc(CNCC(N)c2ccccc2)cc1. The normalized spacial score (nSPS) is 13.0. The van der Waals surface area contributed by atoms with Gasteiger partial charge in [-0.15, -0.1) is 0 Å². The molecule has 1 unspecified atom stereocenters. The second-order valence-corrected chi connectivity index (χ2v) is 7.08. The van der Waals surface area contributed by atoms with Gasteiger partial charge in [0.2, 0.25) is 0 Å². The minimum atomic E-state index is -3.13. The quantitative estimate of drug-likeness (QED) is 0.855. The minimum Gasteiger partial charge on any atom is -0.323 e. The first-order chi connectivity index (χ1) is 9.97. The summed E-state index contributed by atoms with van der Waals surface area (Å²) in [6.45, 7) is 1.32. The Kier molecular flexibility index (Phi) is 5.12. The topological polar surface area (TPSA) is 72.2 Å². The lowest BCUT2D eigenvalue weighted by Gasteiger charge is -2.13. The molecule has 21 heavy (non-hydrogen) atoms. The average Bonchev–Trinajstić information content (AvgIpc) is 2.47.